The van der Waals surface area contributed by atoms with E-state index in [1.807, 2.05) is 0 Å². The van der Waals surface area contributed by atoms with Gasteiger partial charge in [0.25, 0.3) is 0 Å². The third kappa shape index (κ3) is 4.13. The highest BCUT2D eigenvalue weighted by atomic mass is 32.2. The number of likely N-dealkylation sites (tertiary alicyclic amines) is 1. The van der Waals surface area contributed by atoms with Crippen LogP contribution in [0.5, 0.6) is 0 Å². The molecule has 8 heteroatoms. The first-order valence-electron chi connectivity index (χ1n) is 7.42. The fourth-order valence-electron chi connectivity index (χ4n) is 2.52. The van der Waals surface area contributed by atoms with Crippen molar-refractivity contribution >= 4 is 40.3 Å². The van der Waals surface area contributed by atoms with Crippen molar-refractivity contribution in [3.05, 3.63) is 11.3 Å². The summed E-state index contributed by atoms with van der Waals surface area (Å²) in [7, 11) is 0. The minimum atomic E-state index is -0.398. The molecule has 2 amide bonds. The molecule has 6 nitrogen and oxygen atoms in total. The number of rotatable bonds is 4. The number of carbonyl (C=O) groups excluding carboxylic acids is 2. The number of hydrogen-bond donors (Lipinski definition) is 2. The number of nitrogens with one attached hydrogen (secondary N) is 2. The smallest absolute Gasteiger partial charge is 0.337 e. The van der Waals surface area contributed by atoms with Gasteiger partial charge in [0.2, 0.25) is 0 Å². The summed E-state index contributed by atoms with van der Waals surface area (Å²) < 4.78 is 5.90. The van der Waals surface area contributed by atoms with Crippen molar-refractivity contribution in [1.82, 2.24) is 15.5 Å². The second-order valence-electron chi connectivity index (χ2n) is 5.18. The Morgan fingerprint density at radius 1 is 1.45 bits per heavy atom. The normalized spacial score (nSPS) is 21.5. The van der Waals surface area contributed by atoms with Crippen molar-refractivity contribution in [1.29, 1.82) is 0 Å². The summed E-state index contributed by atoms with van der Waals surface area (Å²) in [5, 5.41) is 5.39. The number of thioether (sulfide) groups is 1. The van der Waals surface area contributed by atoms with Crippen LogP contribution in [0.1, 0.15) is 26.7 Å². The molecular weight excluding hydrogens is 322 g/mol. The zero-order valence-corrected chi connectivity index (χ0v) is 14.4. The molecule has 1 fully saturated rings. The Labute approximate surface area is 140 Å². The van der Waals surface area contributed by atoms with E-state index in [1.165, 1.54) is 11.8 Å². The van der Waals surface area contributed by atoms with Crippen molar-refractivity contribution in [2.24, 2.45) is 0 Å². The molecule has 122 valence electrons. The lowest BCUT2D eigenvalue weighted by molar-refractivity contribution is -0.138. The minimum Gasteiger partial charge on any atom is -0.463 e. The average Bonchev–Trinajstić information content (AvgIpc) is 2.98. The van der Waals surface area contributed by atoms with Gasteiger partial charge >= 0.3 is 12.0 Å². The molecule has 2 N–H and O–H groups in total. The summed E-state index contributed by atoms with van der Waals surface area (Å²) in [5.41, 5.74) is 1.06. The standard InChI is InChI=1S/C14H21N3O3S2/c1-3-20-12(18)11-9(2)15-13(19)16-10(11)8-22-14(21)17-6-4-5-7-17/h9H,3-8H2,1-2H3,(H2,15,16,19)/t9-/m0/s1. The largest absolute Gasteiger partial charge is 0.463 e. The van der Waals surface area contributed by atoms with Gasteiger partial charge in [0.15, 0.2) is 0 Å². The number of ether oxygens (including phenoxy) is 1. The Morgan fingerprint density at radius 2 is 2.14 bits per heavy atom. The van der Waals surface area contributed by atoms with Crippen LogP contribution in [0.2, 0.25) is 0 Å². The summed E-state index contributed by atoms with van der Waals surface area (Å²) in [6.07, 6.45) is 2.32. The SMILES string of the molecule is CCOC(=O)C1=C(CSC(=S)N2CCCC2)NC(=O)N[C@H]1C. The van der Waals surface area contributed by atoms with Gasteiger partial charge in [-0.3, -0.25) is 0 Å². The van der Waals surface area contributed by atoms with E-state index in [-0.39, 0.29) is 12.1 Å². The van der Waals surface area contributed by atoms with Gasteiger partial charge in [-0.25, -0.2) is 9.59 Å². The molecule has 0 saturated carbocycles. The molecule has 0 aliphatic carbocycles. The monoisotopic (exact) mass is 343 g/mol. The molecule has 2 heterocycles. The Morgan fingerprint density at radius 3 is 2.77 bits per heavy atom. The highest BCUT2D eigenvalue weighted by Gasteiger charge is 2.30. The third-order valence-electron chi connectivity index (χ3n) is 3.57. The van der Waals surface area contributed by atoms with Gasteiger partial charge < -0.3 is 20.3 Å². The highest BCUT2D eigenvalue weighted by Crippen LogP contribution is 2.22. The van der Waals surface area contributed by atoms with Crippen molar-refractivity contribution in [3.63, 3.8) is 0 Å². The number of urea groups is 1. The summed E-state index contributed by atoms with van der Waals surface area (Å²) in [4.78, 5) is 25.9. The first kappa shape index (κ1) is 17.1. The second kappa shape index (κ2) is 7.82. The van der Waals surface area contributed by atoms with Crippen LogP contribution in [-0.2, 0) is 9.53 Å². The highest BCUT2D eigenvalue weighted by molar-refractivity contribution is 8.23. The molecule has 0 spiro atoms. The molecule has 0 aromatic heterocycles. The van der Waals surface area contributed by atoms with E-state index in [0.29, 0.717) is 23.6 Å². The maximum Gasteiger partial charge on any atom is 0.337 e. The lowest BCUT2D eigenvalue weighted by Gasteiger charge is -2.27. The summed E-state index contributed by atoms with van der Waals surface area (Å²) in [6, 6.07) is -0.674. The van der Waals surface area contributed by atoms with E-state index in [4.69, 9.17) is 17.0 Å². The van der Waals surface area contributed by atoms with Gasteiger partial charge in [-0.1, -0.05) is 24.0 Å². The van der Waals surface area contributed by atoms with E-state index in [2.05, 4.69) is 15.5 Å². The second-order valence-corrected chi connectivity index (χ2v) is 6.79. The van der Waals surface area contributed by atoms with Crippen molar-refractivity contribution in [2.75, 3.05) is 25.4 Å². The van der Waals surface area contributed by atoms with Crippen LogP contribution >= 0.6 is 24.0 Å². The predicted molar refractivity (Wildman–Crippen MR) is 90.7 cm³/mol. The van der Waals surface area contributed by atoms with Crippen molar-refractivity contribution in [2.45, 2.75) is 32.7 Å². The lowest BCUT2D eigenvalue weighted by atomic mass is 10.1. The van der Waals surface area contributed by atoms with Gasteiger partial charge in [0.1, 0.15) is 4.32 Å². The first-order chi connectivity index (χ1) is 10.5. The number of esters is 1. The molecule has 0 aromatic rings. The van der Waals surface area contributed by atoms with Crippen LogP contribution in [0.4, 0.5) is 4.79 Å². The quantitative estimate of drug-likeness (QED) is 0.597. The predicted octanol–water partition coefficient (Wildman–Crippen LogP) is 1.62. The van der Waals surface area contributed by atoms with Crippen LogP contribution in [0.15, 0.2) is 11.3 Å². The molecule has 2 aliphatic heterocycles. The molecule has 1 atom stereocenters. The molecule has 22 heavy (non-hydrogen) atoms. The maximum absolute atomic E-state index is 12.1. The van der Waals surface area contributed by atoms with Crippen molar-refractivity contribution in [3.8, 4) is 0 Å². The molecule has 0 unspecified atom stereocenters. The molecular formula is C14H21N3O3S2. The lowest BCUT2D eigenvalue weighted by Crippen LogP contribution is -2.49. The Hall–Kier alpha value is -1.28. The van der Waals surface area contributed by atoms with Crippen LogP contribution < -0.4 is 10.6 Å². The zero-order valence-electron chi connectivity index (χ0n) is 12.8. The van der Waals surface area contributed by atoms with Gasteiger partial charge in [-0.15, -0.1) is 0 Å². The van der Waals surface area contributed by atoms with Crippen LogP contribution in [-0.4, -0.2) is 52.7 Å². The number of hydrogen-bond acceptors (Lipinski definition) is 5. The number of amides is 2. The molecule has 1 saturated heterocycles. The van der Waals surface area contributed by atoms with Gasteiger partial charge in [0, 0.05) is 24.5 Å². The van der Waals surface area contributed by atoms with E-state index in [1.54, 1.807) is 13.8 Å². The van der Waals surface area contributed by atoms with E-state index in [9.17, 15) is 9.59 Å². The van der Waals surface area contributed by atoms with E-state index in [0.717, 1.165) is 30.3 Å². The Balaban J connectivity index is 2.07. The third-order valence-corrected chi connectivity index (χ3v) is 5.12. The summed E-state index contributed by atoms with van der Waals surface area (Å²) in [6.45, 7) is 5.80. The molecule has 2 aliphatic rings. The molecule has 2 rings (SSSR count). The summed E-state index contributed by atoms with van der Waals surface area (Å²) >= 11 is 6.89. The minimum absolute atomic E-state index is 0.301. The van der Waals surface area contributed by atoms with E-state index >= 15 is 0 Å². The van der Waals surface area contributed by atoms with Gasteiger partial charge in [-0.2, -0.15) is 0 Å². The molecule has 0 aromatic carbocycles. The number of nitrogens with zero attached hydrogens (tertiary/aromatic N) is 1. The summed E-state index contributed by atoms with van der Waals surface area (Å²) in [5.74, 6) is 0.0616. The molecule has 0 radical (unpaired) electrons. The van der Waals surface area contributed by atoms with Crippen LogP contribution in [0.25, 0.3) is 0 Å². The van der Waals surface area contributed by atoms with Gasteiger partial charge in [0.05, 0.1) is 18.2 Å². The fraction of sp³-hybridized carbons (Fsp3) is 0.643. The topological polar surface area (TPSA) is 70.7 Å². The van der Waals surface area contributed by atoms with Crippen molar-refractivity contribution < 1.29 is 14.3 Å². The van der Waals surface area contributed by atoms with E-state index < -0.39 is 5.97 Å². The van der Waals surface area contributed by atoms with Gasteiger partial charge in [-0.05, 0) is 26.7 Å². The first-order valence-corrected chi connectivity index (χ1v) is 8.81. The zero-order chi connectivity index (χ0) is 16.1. The van der Waals surface area contributed by atoms with Crippen LogP contribution in [0, 0.1) is 0 Å². The molecule has 0 bridgehead atoms. The fourth-order valence-corrected chi connectivity index (χ4v) is 3.74. The number of thiocarbonyl (C=S) groups is 1. The number of carbonyl (C=O) groups is 2. The Kier molecular flexibility index (Phi) is 6.07. The average molecular weight is 343 g/mol. The van der Waals surface area contributed by atoms with Crippen LogP contribution in [0.3, 0.4) is 0 Å². The Bertz CT molecular complexity index is 502. The maximum atomic E-state index is 12.1.